The van der Waals surface area contributed by atoms with Crippen LogP contribution in [0.25, 0.3) is 0 Å². The van der Waals surface area contributed by atoms with Crippen molar-refractivity contribution < 1.29 is 9.53 Å². The lowest BCUT2D eigenvalue weighted by molar-refractivity contribution is -0.113. The second-order valence-corrected chi connectivity index (χ2v) is 5.70. The number of carbonyl (C=O) groups is 1. The maximum absolute atomic E-state index is 11.8. The van der Waals surface area contributed by atoms with Crippen LogP contribution in [0.15, 0.2) is 35.8 Å². The number of aromatic nitrogens is 1. The molecule has 2 rings (SSSR count). The molecule has 1 N–H and O–H groups in total. The van der Waals surface area contributed by atoms with Crippen LogP contribution in [0.2, 0.25) is 0 Å². The number of amides is 1. The molecule has 0 aliphatic heterocycles. The van der Waals surface area contributed by atoms with Gasteiger partial charge in [-0.2, -0.15) is 0 Å². The molecule has 0 radical (unpaired) electrons. The van der Waals surface area contributed by atoms with Gasteiger partial charge in [-0.05, 0) is 23.6 Å². The van der Waals surface area contributed by atoms with Crippen LogP contribution in [0.1, 0.15) is 4.88 Å². The summed E-state index contributed by atoms with van der Waals surface area (Å²) >= 11 is 3.29. The summed E-state index contributed by atoms with van der Waals surface area (Å²) in [6.45, 7) is 0. The number of nitrogens with one attached hydrogen (secondary N) is 1. The third-order valence-electron chi connectivity index (χ3n) is 2.30. The van der Waals surface area contributed by atoms with Gasteiger partial charge in [0, 0.05) is 16.8 Å². The SMILES string of the molecule is COc1ncccc1NC(=O)CSCc1cccs1. The van der Waals surface area contributed by atoms with Gasteiger partial charge >= 0.3 is 0 Å². The average Bonchev–Trinajstić information content (AvgIpc) is 2.92. The molecule has 19 heavy (non-hydrogen) atoms. The van der Waals surface area contributed by atoms with E-state index < -0.39 is 0 Å². The van der Waals surface area contributed by atoms with Crippen molar-refractivity contribution in [2.24, 2.45) is 0 Å². The highest BCUT2D eigenvalue weighted by molar-refractivity contribution is 7.99. The Morgan fingerprint density at radius 1 is 1.47 bits per heavy atom. The molecule has 2 heterocycles. The largest absolute Gasteiger partial charge is 0.480 e. The van der Waals surface area contributed by atoms with E-state index in [2.05, 4.69) is 16.4 Å². The Balaban J connectivity index is 1.80. The molecule has 0 bridgehead atoms. The number of rotatable bonds is 6. The van der Waals surface area contributed by atoms with E-state index in [4.69, 9.17) is 4.74 Å². The molecule has 1 amide bonds. The Labute approximate surface area is 120 Å². The molecule has 0 aliphatic rings. The fourth-order valence-corrected chi connectivity index (χ4v) is 3.14. The van der Waals surface area contributed by atoms with Gasteiger partial charge in [-0.3, -0.25) is 4.79 Å². The van der Waals surface area contributed by atoms with Crippen LogP contribution in [0.5, 0.6) is 5.88 Å². The molecule has 2 aromatic rings. The quantitative estimate of drug-likeness (QED) is 0.889. The van der Waals surface area contributed by atoms with Crippen LogP contribution < -0.4 is 10.1 Å². The van der Waals surface area contributed by atoms with E-state index in [1.54, 1.807) is 41.4 Å². The predicted molar refractivity (Wildman–Crippen MR) is 79.9 cm³/mol. The van der Waals surface area contributed by atoms with Gasteiger partial charge < -0.3 is 10.1 Å². The fraction of sp³-hybridized carbons (Fsp3) is 0.231. The number of nitrogens with zero attached hydrogens (tertiary/aromatic N) is 1. The number of anilines is 1. The molecule has 4 nitrogen and oxygen atoms in total. The number of methoxy groups -OCH3 is 1. The molecule has 0 saturated carbocycles. The first-order valence-corrected chi connectivity index (χ1v) is 7.72. The normalized spacial score (nSPS) is 10.2. The second kappa shape index (κ2) is 7.16. The number of carbonyl (C=O) groups excluding carboxylic acids is 1. The fourth-order valence-electron chi connectivity index (χ4n) is 1.47. The minimum absolute atomic E-state index is 0.0483. The van der Waals surface area contributed by atoms with Crippen molar-refractivity contribution >= 4 is 34.7 Å². The minimum Gasteiger partial charge on any atom is -0.480 e. The van der Waals surface area contributed by atoms with E-state index >= 15 is 0 Å². The van der Waals surface area contributed by atoms with Crippen LogP contribution in [-0.2, 0) is 10.5 Å². The highest BCUT2D eigenvalue weighted by Gasteiger charge is 2.08. The van der Waals surface area contributed by atoms with Crippen LogP contribution in [0.3, 0.4) is 0 Å². The monoisotopic (exact) mass is 294 g/mol. The first-order chi connectivity index (χ1) is 9.29. The number of hydrogen-bond acceptors (Lipinski definition) is 5. The van der Waals surface area contributed by atoms with Gasteiger partial charge in [-0.1, -0.05) is 6.07 Å². The number of hydrogen-bond donors (Lipinski definition) is 1. The highest BCUT2D eigenvalue weighted by atomic mass is 32.2. The van der Waals surface area contributed by atoms with Gasteiger partial charge in [-0.15, -0.1) is 23.1 Å². The summed E-state index contributed by atoms with van der Waals surface area (Å²) in [6, 6.07) is 7.62. The maximum atomic E-state index is 11.8. The Morgan fingerprint density at radius 3 is 3.11 bits per heavy atom. The molecule has 0 spiro atoms. The van der Waals surface area contributed by atoms with Crippen LogP contribution in [-0.4, -0.2) is 23.8 Å². The topological polar surface area (TPSA) is 51.2 Å². The van der Waals surface area contributed by atoms with Gasteiger partial charge in [-0.25, -0.2) is 4.98 Å². The van der Waals surface area contributed by atoms with Crippen molar-refractivity contribution in [3.63, 3.8) is 0 Å². The third kappa shape index (κ3) is 4.25. The molecule has 0 atom stereocenters. The molecule has 2 aromatic heterocycles. The summed E-state index contributed by atoms with van der Waals surface area (Å²) in [5.74, 6) is 1.65. The van der Waals surface area contributed by atoms with E-state index in [1.165, 1.54) is 12.0 Å². The summed E-state index contributed by atoms with van der Waals surface area (Å²) in [5, 5.41) is 4.84. The van der Waals surface area contributed by atoms with E-state index in [-0.39, 0.29) is 5.91 Å². The van der Waals surface area contributed by atoms with Gasteiger partial charge in [0.15, 0.2) is 0 Å². The van der Waals surface area contributed by atoms with E-state index in [0.29, 0.717) is 17.3 Å². The van der Waals surface area contributed by atoms with Crippen LogP contribution in [0.4, 0.5) is 5.69 Å². The van der Waals surface area contributed by atoms with Crippen molar-refractivity contribution in [2.75, 3.05) is 18.2 Å². The number of thioether (sulfide) groups is 1. The van der Waals surface area contributed by atoms with Crippen molar-refractivity contribution in [3.8, 4) is 5.88 Å². The van der Waals surface area contributed by atoms with E-state index in [0.717, 1.165) is 5.75 Å². The number of pyridine rings is 1. The summed E-state index contributed by atoms with van der Waals surface area (Å²) in [5.41, 5.74) is 0.603. The Bertz CT molecular complexity index is 529. The Kier molecular flexibility index (Phi) is 5.23. The lowest BCUT2D eigenvalue weighted by Crippen LogP contribution is -2.15. The van der Waals surface area contributed by atoms with Crippen LogP contribution in [0, 0.1) is 0 Å². The zero-order chi connectivity index (χ0) is 13.5. The molecular weight excluding hydrogens is 280 g/mol. The third-order valence-corrected chi connectivity index (χ3v) is 4.34. The predicted octanol–water partition coefficient (Wildman–Crippen LogP) is 3.02. The zero-order valence-corrected chi connectivity index (χ0v) is 12.1. The molecule has 0 unspecified atom stereocenters. The lowest BCUT2D eigenvalue weighted by Gasteiger charge is -2.08. The summed E-state index contributed by atoms with van der Waals surface area (Å²) in [4.78, 5) is 17.1. The minimum atomic E-state index is -0.0483. The molecular formula is C13H14N2O2S2. The first-order valence-electron chi connectivity index (χ1n) is 5.68. The zero-order valence-electron chi connectivity index (χ0n) is 10.5. The van der Waals surface area contributed by atoms with Crippen molar-refractivity contribution in [2.45, 2.75) is 5.75 Å². The van der Waals surface area contributed by atoms with Gasteiger partial charge in [0.25, 0.3) is 0 Å². The van der Waals surface area contributed by atoms with E-state index in [9.17, 15) is 4.79 Å². The molecule has 0 aliphatic carbocycles. The summed E-state index contributed by atoms with van der Waals surface area (Å²) < 4.78 is 5.08. The average molecular weight is 294 g/mol. The summed E-state index contributed by atoms with van der Waals surface area (Å²) in [6.07, 6.45) is 1.63. The van der Waals surface area contributed by atoms with Crippen molar-refractivity contribution in [1.29, 1.82) is 0 Å². The number of thiophene rings is 1. The first kappa shape index (κ1) is 13.9. The molecule has 0 aromatic carbocycles. The maximum Gasteiger partial charge on any atom is 0.237 e. The summed E-state index contributed by atoms with van der Waals surface area (Å²) in [7, 11) is 1.53. The standard InChI is InChI=1S/C13H14N2O2S2/c1-17-13-11(5-2-6-14-13)15-12(16)9-18-8-10-4-3-7-19-10/h2-7H,8-9H2,1H3,(H,15,16). The molecule has 0 saturated heterocycles. The second-order valence-electron chi connectivity index (χ2n) is 3.68. The molecule has 100 valence electrons. The van der Waals surface area contributed by atoms with Gasteiger partial charge in [0.05, 0.1) is 12.9 Å². The lowest BCUT2D eigenvalue weighted by atomic mass is 10.4. The Hall–Kier alpha value is -1.53. The number of ether oxygens (including phenoxy) is 1. The van der Waals surface area contributed by atoms with E-state index in [1.807, 2.05) is 11.4 Å². The van der Waals surface area contributed by atoms with Gasteiger partial charge in [0.1, 0.15) is 5.69 Å². The highest BCUT2D eigenvalue weighted by Crippen LogP contribution is 2.21. The Morgan fingerprint density at radius 2 is 2.37 bits per heavy atom. The molecule has 6 heteroatoms. The van der Waals surface area contributed by atoms with Crippen molar-refractivity contribution in [1.82, 2.24) is 4.98 Å². The smallest absolute Gasteiger partial charge is 0.237 e. The van der Waals surface area contributed by atoms with Crippen LogP contribution >= 0.6 is 23.1 Å². The van der Waals surface area contributed by atoms with Gasteiger partial charge in [0.2, 0.25) is 11.8 Å². The molecule has 0 fully saturated rings. The van der Waals surface area contributed by atoms with Crippen molar-refractivity contribution in [3.05, 3.63) is 40.7 Å².